The number of ether oxygens (including phenoxy) is 1. The van der Waals surface area contributed by atoms with E-state index < -0.39 is 0 Å². The fourth-order valence-corrected chi connectivity index (χ4v) is 1.48. The molecule has 0 saturated carbocycles. The maximum atomic E-state index is 6.04. The lowest BCUT2D eigenvalue weighted by Gasteiger charge is -2.28. The first kappa shape index (κ1) is 14.9. The summed E-state index contributed by atoms with van der Waals surface area (Å²) in [6.45, 7) is 11.7. The summed E-state index contributed by atoms with van der Waals surface area (Å²) in [5.74, 6) is 0.571. The number of nitrogens with two attached hydrogens (primary N) is 1. The standard InChI is InChI=1S/C12H28N2O/c1-10(2)12(13)6-7-14(11(3)4)8-9-15-5/h10-12H,6-9,13H2,1-5H3. The van der Waals surface area contributed by atoms with E-state index in [2.05, 4.69) is 32.6 Å². The van der Waals surface area contributed by atoms with E-state index in [1.165, 1.54) is 0 Å². The molecule has 0 aliphatic carbocycles. The topological polar surface area (TPSA) is 38.5 Å². The summed E-state index contributed by atoms with van der Waals surface area (Å²) >= 11 is 0. The van der Waals surface area contributed by atoms with Crippen LogP contribution in [0.15, 0.2) is 0 Å². The van der Waals surface area contributed by atoms with Crippen LogP contribution in [0.1, 0.15) is 34.1 Å². The molecule has 0 spiro atoms. The Morgan fingerprint density at radius 1 is 1.13 bits per heavy atom. The van der Waals surface area contributed by atoms with E-state index in [4.69, 9.17) is 10.5 Å². The van der Waals surface area contributed by atoms with Gasteiger partial charge in [0.25, 0.3) is 0 Å². The van der Waals surface area contributed by atoms with Crippen molar-refractivity contribution in [3.63, 3.8) is 0 Å². The first-order valence-electron chi connectivity index (χ1n) is 5.97. The molecule has 0 bridgehead atoms. The second-order valence-corrected chi connectivity index (χ2v) is 4.82. The molecule has 1 unspecified atom stereocenters. The Hall–Kier alpha value is -0.120. The molecule has 3 nitrogen and oxygen atoms in total. The van der Waals surface area contributed by atoms with Crippen molar-refractivity contribution in [3.05, 3.63) is 0 Å². The van der Waals surface area contributed by atoms with Crippen LogP contribution in [0.5, 0.6) is 0 Å². The molecule has 0 saturated heterocycles. The van der Waals surface area contributed by atoms with Gasteiger partial charge in [-0.1, -0.05) is 13.8 Å². The molecule has 0 amide bonds. The lowest BCUT2D eigenvalue weighted by atomic mass is 10.0. The van der Waals surface area contributed by atoms with Crippen molar-refractivity contribution in [1.82, 2.24) is 4.90 Å². The van der Waals surface area contributed by atoms with Crippen molar-refractivity contribution in [1.29, 1.82) is 0 Å². The molecule has 15 heavy (non-hydrogen) atoms. The zero-order valence-corrected chi connectivity index (χ0v) is 11.0. The minimum Gasteiger partial charge on any atom is -0.383 e. The van der Waals surface area contributed by atoms with E-state index in [0.717, 1.165) is 26.1 Å². The Bertz CT molecular complexity index is 149. The minimum atomic E-state index is 0.314. The molecule has 0 aromatic carbocycles. The highest BCUT2D eigenvalue weighted by molar-refractivity contribution is 4.70. The van der Waals surface area contributed by atoms with Gasteiger partial charge in [0, 0.05) is 25.7 Å². The summed E-state index contributed by atoms with van der Waals surface area (Å²) in [5, 5.41) is 0. The largest absolute Gasteiger partial charge is 0.383 e. The number of rotatable bonds is 8. The molecule has 1 atom stereocenters. The van der Waals surface area contributed by atoms with Crippen molar-refractivity contribution in [2.24, 2.45) is 11.7 Å². The lowest BCUT2D eigenvalue weighted by molar-refractivity contribution is 0.126. The highest BCUT2D eigenvalue weighted by atomic mass is 16.5. The highest BCUT2D eigenvalue weighted by Crippen LogP contribution is 2.06. The molecule has 0 rings (SSSR count). The molecule has 0 heterocycles. The van der Waals surface area contributed by atoms with Gasteiger partial charge < -0.3 is 10.5 Å². The quantitative estimate of drug-likeness (QED) is 0.671. The van der Waals surface area contributed by atoms with Gasteiger partial charge in [-0.25, -0.2) is 0 Å². The Labute approximate surface area is 95.0 Å². The van der Waals surface area contributed by atoms with Gasteiger partial charge in [-0.15, -0.1) is 0 Å². The van der Waals surface area contributed by atoms with Gasteiger partial charge in [-0.3, -0.25) is 4.90 Å². The Kier molecular flexibility index (Phi) is 8.02. The van der Waals surface area contributed by atoms with E-state index in [9.17, 15) is 0 Å². The summed E-state index contributed by atoms with van der Waals surface area (Å²) in [6, 6.07) is 0.883. The SMILES string of the molecule is COCCN(CCC(N)C(C)C)C(C)C. The van der Waals surface area contributed by atoms with Gasteiger partial charge >= 0.3 is 0 Å². The predicted octanol–water partition coefficient (Wildman–Crippen LogP) is 1.72. The summed E-state index contributed by atoms with van der Waals surface area (Å²) in [7, 11) is 1.75. The highest BCUT2D eigenvalue weighted by Gasteiger charge is 2.13. The number of nitrogens with zero attached hydrogens (tertiary/aromatic N) is 1. The van der Waals surface area contributed by atoms with Crippen LogP contribution >= 0.6 is 0 Å². The number of hydrogen-bond acceptors (Lipinski definition) is 3. The van der Waals surface area contributed by atoms with E-state index in [1.807, 2.05) is 0 Å². The summed E-state index contributed by atoms with van der Waals surface area (Å²) < 4.78 is 5.10. The van der Waals surface area contributed by atoms with Crippen LogP contribution in [0, 0.1) is 5.92 Å². The van der Waals surface area contributed by atoms with Crippen LogP contribution in [-0.2, 0) is 4.74 Å². The number of methoxy groups -OCH3 is 1. The van der Waals surface area contributed by atoms with Crippen molar-refractivity contribution >= 4 is 0 Å². The molecule has 0 radical (unpaired) electrons. The van der Waals surface area contributed by atoms with Crippen molar-refractivity contribution in [3.8, 4) is 0 Å². The molecule has 0 aromatic heterocycles. The normalized spacial score (nSPS) is 14.2. The Balaban J connectivity index is 3.85. The summed E-state index contributed by atoms with van der Waals surface area (Å²) in [4.78, 5) is 2.42. The van der Waals surface area contributed by atoms with E-state index in [-0.39, 0.29) is 0 Å². The molecule has 92 valence electrons. The van der Waals surface area contributed by atoms with Gasteiger partial charge in [-0.2, -0.15) is 0 Å². The molecule has 2 N–H and O–H groups in total. The van der Waals surface area contributed by atoms with Gasteiger partial charge in [-0.05, 0) is 32.7 Å². The van der Waals surface area contributed by atoms with E-state index in [1.54, 1.807) is 7.11 Å². The Morgan fingerprint density at radius 2 is 1.73 bits per heavy atom. The first-order chi connectivity index (χ1) is 6.99. The van der Waals surface area contributed by atoms with Crippen LogP contribution in [0.4, 0.5) is 0 Å². The first-order valence-corrected chi connectivity index (χ1v) is 5.97. The molecule has 3 heteroatoms. The maximum absolute atomic E-state index is 6.04. The van der Waals surface area contributed by atoms with Gasteiger partial charge in [0.1, 0.15) is 0 Å². The average molecular weight is 216 g/mol. The third kappa shape index (κ3) is 6.88. The summed E-state index contributed by atoms with van der Waals surface area (Å²) in [6.07, 6.45) is 1.07. The smallest absolute Gasteiger partial charge is 0.0589 e. The third-order valence-corrected chi connectivity index (χ3v) is 2.92. The minimum absolute atomic E-state index is 0.314. The van der Waals surface area contributed by atoms with E-state index >= 15 is 0 Å². The third-order valence-electron chi connectivity index (χ3n) is 2.92. The molecule has 0 aliphatic heterocycles. The van der Waals surface area contributed by atoms with Crippen molar-refractivity contribution in [2.45, 2.75) is 46.2 Å². The fraction of sp³-hybridized carbons (Fsp3) is 1.00. The van der Waals surface area contributed by atoms with Crippen molar-refractivity contribution in [2.75, 3.05) is 26.8 Å². The zero-order valence-electron chi connectivity index (χ0n) is 11.0. The molecular weight excluding hydrogens is 188 g/mol. The second-order valence-electron chi connectivity index (χ2n) is 4.82. The number of hydrogen-bond donors (Lipinski definition) is 1. The van der Waals surface area contributed by atoms with Crippen LogP contribution in [-0.4, -0.2) is 43.8 Å². The van der Waals surface area contributed by atoms with Gasteiger partial charge in [0.15, 0.2) is 0 Å². The summed E-state index contributed by atoms with van der Waals surface area (Å²) in [5.41, 5.74) is 6.04. The second kappa shape index (κ2) is 8.08. The lowest BCUT2D eigenvalue weighted by Crippen LogP contribution is -2.38. The van der Waals surface area contributed by atoms with Crippen LogP contribution < -0.4 is 5.73 Å². The van der Waals surface area contributed by atoms with E-state index in [0.29, 0.717) is 18.0 Å². The maximum Gasteiger partial charge on any atom is 0.0589 e. The van der Waals surface area contributed by atoms with Crippen molar-refractivity contribution < 1.29 is 4.74 Å². The average Bonchev–Trinajstić information content (AvgIpc) is 2.16. The Morgan fingerprint density at radius 3 is 2.13 bits per heavy atom. The molecule has 0 fully saturated rings. The molecule has 0 aliphatic rings. The predicted molar refractivity (Wildman–Crippen MR) is 66.0 cm³/mol. The van der Waals surface area contributed by atoms with Crippen LogP contribution in [0.2, 0.25) is 0 Å². The zero-order chi connectivity index (χ0) is 11.8. The molecule has 0 aromatic rings. The van der Waals surface area contributed by atoms with Crippen LogP contribution in [0.3, 0.4) is 0 Å². The fourth-order valence-electron chi connectivity index (χ4n) is 1.48. The van der Waals surface area contributed by atoms with Gasteiger partial charge in [0.2, 0.25) is 0 Å². The van der Waals surface area contributed by atoms with Gasteiger partial charge in [0.05, 0.1) is 6.61 Å². The van der Waals surface area contributed by atoms with Crippen LogP contribution in [0.25, 0.3) is 0 Å². The monoisotopic (exact) mass is 216 g/mol. The molecular formula is C12H28N2O.